The van der Waals surface area contributed by atoms with Crippen LogP contribution in [-0.2, 0) is 0 Å². The van der Waals surface area contributed by atoms with Gasteiger partial charge in [-0.2, -0.15) is 0 Å². The third-order valence-electron chi connectivity index (χ3n) is 1.67. The van der Waals surface area contributed by atoms with Crippen LogP contribution in [0, 0.1) is 5.21 Å². The molecule has 1 N–H and O–H groups in total. The van der Waals surface area contributed by atoms with E-state index in [4.69, 9.17) is 0 Å². The molecular formula is C8H7N2NaO2. The van der Waals surface area contributed by atoms with Crippen LogP contribution in [0.3, 0.4) is 0 Å². The Morgan fingerprint density at radius 3 is 2.77 bits per heavy atom. The van der Waals surface area contributed by atoms with E-state index in [0.717, 1.165) is 0 Å². The molecule has 2 aromatic rings. The van der Waals surface area contributed by atoms with E-state index in [9.17, 15) is 10.0 Å². The minimum atomic E-state index is -0.358. The van der Waals surface area contributed by atoms with Gasteiger partial charge in [0.2, 0.25) is 6.20 Å². The summed E-state index contributed by atoms with van der Waals surface area (Å²) in [6.45, 7) is 0. The van der Waals surface area contributed by atoms with Crippen molar-refractivity contribution in [3.05, 3.63) is 46.0 Å². The van der Waals surface area contributed by atoms with Gasteiger partial charge < -0.3 is 5.21 Å². The van der Waals surface area contributed by atoms with Gasteiger partial charge in [-0.1, -0.05) is 17.0 Å². The van der Waals surface area contributed by atoms with Gasteiger partial charge in [0.15, 0.2) is 0 Å². The van der Waals surface area contributed by atoms with E-state index >= 15 is 0 Å². The Balaban J connectivity index is 0.000000845. The molecule has 5 heteroatoms. The summed E-state index contributed by atoms with van der Waals surface area (Å²) in [5.74, 6) is 0. The zero-order valence-electron chi connectivity index (χ0n) is 6.15. The Morgan fingerprint density at radius 2 is 2.00 bits per heavy atom. The van der Waals surface area contributed by atoms with E-state index < -0.39 is 0 Å². The molecule has 1 aromatic heterocycles. The van der Waals surface area contributed by atoms with E-state index in [2.05, 4.69) is 5.10 Å². The summed E-state index contributed by atoms with van der Waals surface area (Å²) in [6.07, 6.45) is 1.33. The van der Waals surface area contributed by atoms with Crippen molar-refractivity contribution in [1.29, 1.82) is 0 Å². The molecule has 2 rings (SSSR count). The Labute approximate surface area is 96.1 Å². The molecule has 1 heterocycles. The first-order chi connectivity index (χ1) is 5.77. The molecule has 0 amide bonds. The molecule has 0 saturated carbocycles. The summed E-state index contributed by atoms with van der Waals surface area (Å²) < 4.78 is 0. The molecule has 1 aromatic carbocycles. The number of hydrogen-bond acceptors (Lipinski definition) is 2. The van der Waals surface area contributed by atoms with Gasteiger partial charge in [-0.05, 0) is 12.1 Å². The average molecular weight is 186 g/mol. The number of benzene rings is 1. The third-order valence-corrected chi connectivity index (χ3v) is 1.67. The fraction of sp³-hybridized carbons (Fsp3) is 0. The Kier molecular flexibility index (Phi) is 3.08. The second-order valence-corrected chi connectivity index (χ2v) is 2.48. The molecule has 0 aliphatic rings. The van der Waals surface area contributed by atoms with Gasteiger partial charge in [0.1, 0.15) is 0 Å². The van der Waals surface area contributed by atoms with Crippen molar-refractivity contribution in [3.8, 4) is 0 Å². The molecule has 0 unspecified atom stereocenters. The Hall–Kier alpha value is -0.840. The zero-order chi connectivity index (χ0) is 8.55. The number of aromatic amines is 1. The molecule has 62 valence electrons. The summed E-state index contributed by atoms with van der Waals surface area (Å²) in [6, 6.07) is 6.93. The van der Waals surface area contributed by atoms with E-state index in [1.54, 1.807) is 24.3 Å². The summed E-state index contributed by atoms with van der Waals surface area (Å²) in [7, 11) is 0. The van der Waals surface area contributed by atoms with Gasteiger partial charge in [-0.3, -0.25) is 4.79 Å². The fourth-order valence-corrected chi connectivity index (χ4v) is 1.14. The summed E-state index contributed by atoms with van der Waals surface area (Å²) in [5.41, 5.74) is -0.358. The van der Waals surface area contributed by atoms with Crippen LogP contribution in [0.4, 0.5) is 0 Å². The maximum absolute atomic E-state index is 11.1. The quantitative estimate of drug-likeness (QED) is 0.343. The van der Waals surface area contributed by atoms with Crippen molar-refractivity contribution >= 4 is 40.3 Å². The molecule has 0 bridgehead atoms. The second-order valence-electron chi connectivity index (χ2n) is 2.48. The molecule has 13 heavy (non-hydrogen) atoms. The maximum atomic E-state index is 11.1. The number of aromatic nitrogens is 2. The predicted molar refractivity (Wildman–Crippen MR) is 50.7 cm³/mol. The third kappa shape index (κ3) is 1.91. The summed E-state index contributed by atoms with van der Waals surface area (Å²) in [4.78, 5) is 11.5. The number of hydrogen-bond donors (Lipinski definition) is 1. The van der Waals surface area contributed by atoms with Crippen molar-refractivity contribution in [3.63, 3.8) is 0 Å². The Bertz CT molecular complexity index is 481. The fourth-order valence-electron chi connectivity index (χ4n) is 1.14. The van der Waals surface area contributed by atoms with Gasteiger partial charge in [0.25, 0.3) is 0 Å². The van der Waals surface area contributed by atoms with Gasteiger partial charge in [0.05, 0.1) is 10.8 Å². The molecule has 0 spiro atoms. The number of rotatable bonds is 0. The standard InChI is InChI=1S/C8H6N2O2.Na.H/c11-8-7-4-2-1-3-6(7)5-10(12)9-8;;/h1-5H,(H,9,11);;. The number of H-pyrrole nitrogens is 1. The van der Waals surface area contributed by atoms with Crippen molar-refractivity contribution in [2.45, 2.75) is 0 Å². The molecular weight excluding hydrogens is 179 g/mol. The van der Waals surface area contributed by atoms with Crippen LogP contribution in [0.1, 0.15) is 0 Å². The van der Waals surface area contributed by atoms with E-state index in [0.29, 0.717) is 15.6 Å². The first-order valence-electron chi connectivity index (χ1n) is 3.48. The summed E-state index contributed by atoms with van der Waals surface area (Å²) >= 11 is 0. The van der Waals surface area contributed by atoms with Crippen LogP contribution in [0.15, 0.2) is 35.3 Å². The van der Waals surface area contributed by atoms with E-state index in [-0.39, 0.29) is 35.1 Å². The molecule has 0 fully saturated rings. The van der Waals surface area contributed by atoms with Gasteiger partial charge in [-0.25, -0.2) is 0 Å². The molecule has 0 radical (unpaired) electrons. The normalized spacial score (nSPS) is 9.54. The number of nitrogens with zero attached hydrogens (tertiary/aromatic N) is 1. The van der Waals surface area contributed by atoms with E-state index in [1.165, 1.54) is 6.20 Å². The zero-order valence-corrected chi connectivity index (χ0v) is 6.15. The van der Waals surface area contributed by atoms with Crippen LogP contribution >= 0.6 is 0 Å². The van der Waals surface area contributed by atoms with Gasteiger partial charge in [-0.15, -0.1) is 5.10 Å². The van der Waals surface area contributed by atoms with E-state index in [1.807, 2.05) is 0 Å². The summed E-state index contributed by atoms with van der Waals surface area (Å²) in [5, 5.41) is 14.1. The molecule has 0 aliphatic carbocycles. The van der Waals surface area contributed by atoms with Crippen molar-refractivity contribution < 1.29 is 4.85 Å². The molecule has 0 atom stereocenters. The first-order valence-corrected chi connectivity index (χ1v) is 3.48. The monoisotopic (exact) mass is 186 g/mol. The average Bonchev–Trinajstić information content (AvgIpc) is 2.04. The van der Waals surface area contributed by atoms with Crippen molar-refractivity contribution in [2.75, 3.05) is 0 Å². The molecule has 4 nitrogen and oxygen atoms in total. The topological polar surface area (TPSA) is 59.8 Å². The minimum absolute atomic E-state index is 0. The number of fused-ring (bicyclic) bond motifs is 1. The SMILES string of the molecule is O=c1[nH][n+]([O-])cc2ccccc12.[NaH]. The predicted octanol–water partition coefficient (Wildman–Crippen LogP) is -0.487. The molecule has 0 saturated heterocycles. The van der Waals surface area contributed by atoms with Gasteiger partial charge in [0, 0.05) is 0 Å². The van der Waals surface area contributed by atoms with Crippen LogP contribution in [0.25, 0.3) is 10.8 Å². The van der Waals surface area contributed by atoms with Crippen LogP contribution in [0.5, 0.6) is 0 Å². The number of nitrogens with one attached hydrogen (secondary N) is 1. The second kappa shape index (κ2) is 3.91. The Morgan fingerprint density at radius 1 is 1.31 bits per heavy atom. The molecule has 0 aliphatic heterocycles. The van der Waals surface area contributed by atoms with Crippen LogP contribution < -0.4 is 10.4 Å². The van der Waals surface area contributed by atoms with Crippen molar-refractivity contribution in [2.24, 2.45) is 0 Å². The van der Waals surface area contributed by atoms with Crippen molar-refractivity contribution in [1.82, 2.24) is 5.10 Å². The van der Waals surface area contributed by atoms with Gasteiger partial charge >= 0.3 is 35.1 Å². The first kappa shape index (κ1) is 10.2. The van der Waals surface area contributed by atoms with Crippen LogP contribution in [-0.4, -0.2) is 34.7 Å². The van der Waals surface area contributed by atoms with Crippen LogP contribution in [0.2, 0.25) is 0 Å².